The van der Waals surface area contributed by atoms with E-state index >= 15 is 0 Å². The molecular formula is C23H27N3O5S. The number of nitrogens with one attached hydrogen (secondary N) is 1. The molecule has 2 aromatic rings. The van der Waals surface area contributed by atoms with Crippen molar-refractivity contribution in [2.75, 3.05) is 18.0 Å². The predicted octanol–water partition coefficient (Wildman–Crippen LogP) is 3.22. The highest BCUT2D eigenvalue weighted by Gasteiger charge is 2.28. The number of carboxylic acid groups (broad SMARTS) is 1. The van der Waals surface area contributed by atoms with Crippen LogP contribution < -0.4 is 10.2 Å². The summed E-state index contributed by atoms with van der Waals surface area (Å²) in [6, 6.07) is 15.0. The standard InChI is InChI=1S/C23H27N3O5S/c1-2-22(27)24-19-9-6-15-25(16-14-19)32(30,31)21-12-10-20(11-13-21)26(23(28)29)17-18-7-4-3-5-8-18/h2-5,7-8,10-13,19H,1,6,9,14-17H2,(H,24,27)(H,28,29). The van der Waals surface area contributed by atoms with Crippen LogP contribution in [0.25, 0.3) is 0 Å². The lowest BCUT2D eigenvalue weighted by Gasteiger charge is -2.22. The summed E-state index contributed by atoms with van der Waals surface area (Å²) >= 11 is 0. The van der Waals surface area contributed by atoms with Crippen molar-refractivity contribution in [3.8, 4) is 0 Å². The molecule has 1 heterocycles. The van der Waals surface area contributed by atoms with Crippen molar-refractivity contribution >= 4 is 27.7 Å². The van der Waals surface area contributed by atoms with E-state index in [9.17, 15) is 23.1 Å². The van der Waals surface area contributed by atoms with Crippen LogP contribution in [0.5, 0.6) is 0 Å². The third-order valence-electron chi connectivity index (χ3n) is 5.42. The van der Waals surface area contributed by atoms with E-state index < -0.39 is 16.1 Å². The second-order valence-electron chi connectivity index (χ2n) is 7.59. The second-order valence-corrected chi connectivity index (χ2v) is 9.53. The molecule has 0 aliphatic carbocycles. The maximum Gasteiger partial charge on any atom is 0.412 e. The maximum absolute atomic E-state index is 13.1. The molecule has 170 valence electrons. The Morgan fingerprint density at radius 1 is 1.09 bits per heavy atom. The second kappa shape index (κ2) is 10.4. The molecule has 1 atom stereocenters. The molecule has 8 nitrogen and oxygen atoms in total. The number of hydrogen-bond acceptors (Lipinski definition) is 4. The molecule has 0 radical (unpaired) electrons. The molecular weight excluding hydrogens is 430 g/mol. The van der Waals surface area contributed by atoms with Crippen molar-refractivity contribution in [2.24, 2.45) is 0 Å². The number of nitrogens with zero attached hydrogens (tertiary/aromatic N) is 2. The number of benzene rings is 2. The van der Waals surface area contributed by atoms with Gasteiger partial charge in [0.15, 0.2) is 0 Å². The van der Waals surface area contributed by atoms with E-state index in [4.69, 9.17) is 0 Å². The smallest absolute Gasteiger partial charge is 0.412 e. The minimum atomic E-state index is -3.73. The first-order valence-corrected chi connectivity index (χ1v) is 11.8. The summed E-state index contributed by atoms with van der Waals surface area (Å²) in [6.07, 6.45) is 1.92. The van der Waals surface area contributed by atoms with E-state index in [-0.39, 0.29) is 23.4 Å². The van der Waals surface area contributed by atoms with Gasteiger partial charge in [-0.15, -0.1) is 0 Å². The Bertz CT molecular complexity index is 1050. The van der Waals surface area contributed by atoms with Gasteiger partial charge in [0.1, 0.15) is 0 Å². The topological polar surface area (TPSA) is 107 Å². The highest BCUT2D eigenvalue weighted by molar-refractivity contribution is 7.89. The van der Waals surface area contributed by atoms with Crippen molar-refractivity contribution < 1.29 is 23.1 Å². The lowest BCUT2D eigenvalue weighted by Crippen LogP contribution is -2.36. The van der Waals surface area contributed by atoms with E-state index in [1.54, 1.807) is 0 Å². The summed E-state index contributed by atoms with van der Waals surface area (Å²) in [5.74, 6) is -0.264. The average molecular weight is 458 g/mol. The normalized spacial score (nSPS) is 17.2. The molecule has 0 spiro atoms. The minimum Gasteiger partial charge on any atom is -0.465 e. The summed E-state index contributed by atoms with van der Waals surface area (Å²) < 4.78 is 27.7. The number of carbonyl (C=O) groups excluding carboxylic acids is 1. The number of sulfonamides is 1. The molecule has 9 heteroatoms. The number of hydrogen-bond donors (Lipinski definition) is 2. The van der Waals surface area contributed by atoms with Crippen molar-refractivity contribution in [3.05, 3.63) is 72.8 Å². The van der Waals surface area contributed by atoms with Gasteiger partial charge in [-0.1, -0.05) is 36.9 Å². The van der Waals surface area contributed by atoms with Gasteiger partial charge in [-0.3, -0.25) is 9.69 Å². The van der Waals surface area contributed by atoms with Gasteiger partial charge in [-0.05, 0) is 55.2 Å². The molecule has 0 bridgehead atoms. The summed E-state index contributed by atoms with van der Waals surface area (Å²) in [6.45, 7) is 4.25. The van der Waals surface area contributed by atoms with Crippen LogP contribution in [0.4, 0.5) is 10.5 Å². The lowest BCUT2D eigenvalue weighted by atomic mass is 10.1. The number of carbonyl (C=O) groups is 2. The van der Waals surface area contributed by atoms with Gasteiger partial charge in [0, 0.05) is 24.8 Å². The van der Waals surface area contributed by atoms with E-state index in [2.05, 4.69) is 11.9 Å². The Morgan fingerprint density at radius 2 is 1.78 bits per heavy atom. The fourth-order valence-electron chi connectivity index (χ4n) is 3.70. The van der Waals surface area contributed by atoms with Gasteiger partial charge in [-0.25, -0.2) is 13.2 Å². The van der Waals surface area contributed by atoms with E-state index in [1.165, 1.54) is 39.5 Å². The molecule has 0 saturated carbocycles. The zero-order valence-electron chi connectivity index (χ0n) is 17.7. The van der Waals surface area contributed by atoms with Crippen LogP contribution in [-0.2, 0) is 21.4 Å². The molecule has 2 N–H and O–H groups in total. The SMILES string of the molecule is C=CC(=O)NC1CCCN(S(=O)(=O)c2ccc(N(Cc3ccccc3)C(=O)O)cc2)CC1. The first-order chi connectivity index (χ1) is 15.3. The van der Waals surface area contributed by atoms with Crippen molar-refractivity contribution in [3.63, 3.8) is 0 Å². The first-order valence-electron chi connectivity index (χ1n) is 10.4. The van der Waals surface area contributed by atoms with Crippen LogP contribution in [0.1, 0.15) is 24.8 Å². The molecule has 32 heavy (non-hydrogen) atoms. The van der Waals surface area contributed by atoms with Crippen LogP contribution in [0.15, 0.2) is 72.1 Å². The highest BCUT2D eigenvalue weighted by Crippen LogP contribution is 2.24. The zero-order valence-corrected chi connectivity index (χ0v) is 18.5. The van der Waals surface area contributed by atoms with Gasteiger partial charge >= 0.3 is 6.09 Å². The van der Waals surface area contributed by atoms with Gasteiger partial charge in [0.2, 0.25) is 15.9 Å². The Morgan fingerprint density at radius 3 is 2.41 bits per heavy atom. The molecule has 2 aromatic carbocycles. The van der Waals surface area contributed by atoms with Gasteiger partial charge in [0.25, 0.3) is 0 Å². The van der Waals surface area contributed by atoms with Crippen LogP contribution >= 0.6 is 0 Å². The van der Waals surface area contributed by atoms with E-state index in [1.807, 2.05) is 30.3 Å². The Hall–Kier alpha value is -3.17. The summed E-state index contributed by atoms with van der Waals surface area (Å²) in [7, 11) is -3.73. The molecule has 1 fully saturated rings. The molecule has 2 amide bonds. The monoisotopic (exact) mass is 457 g/mol. The van der Waals surface area contributed by atoms with E-state index in [0.717, 1.165) is 5.56 Å². The minimum absolute atomic E-state index is 0.0924. The summed E-state index contributed by atoms with van der Waals surface area (Å²) in [4.78, 5) is 24.6. The van der Waals surface area contributed by atoms with Crippen LogP contribution in [0.2, 0.25) is 0 Å². The summed E-state index contributed by atoms with van der Waals surface area (Å²) in [5.41, 5.74) is 1.22. The molecule has 1 unspecified atom stereocenters. The van der Waals surface area contributed by atoms with Crippen molar-refractivity contribution in [1.29, 1.82) is 0 Å². The molecule has 1 aliphatic heterocycles. The van der Waals surface area contributed by atoms with Crippen molar-refractivity contribution in [1.82, 2.24) is 9.62 Å². The van der Waals surface area contributed by atoms with Crippen LogP contribution in [0, 0.1) is 0 Å². The third-order valence-corrected chi connectivity index (χ3v) is 7.33. The van der Waals surface area contributed by atoms with Gasteiger partial charge < -0.3 is 10.4 Å². The third kappa shape index (κ3) is 5.74. The quantitative estimate of drug-likeness (QED) is 0.621. The summed E-state index contributed by atoms with van der Waals surface area (Å²) in [5, 5.41) is 12.5. The number of anilines is 1. The highest BCUT2D eigenvalue weighted by atomic mass is 32.2. The Kier molecular flexibility index (Phi) is 7.66. The Balaban J connectivity index is 1.73. The first kappa shape index (κ1) is 23.5. The van der Waals surface area contributed by atoms with Crippen molar-refractivity contribution in [2.45, 2.75) is 36.7 Å². The largest absolute Gasteiger partial charge is 0.465 e. The van der Waals surface area contributed by atoms with Crippen LogP contribution in [0.3, 0.4) is 0 Å². The van der Waals surface area contributed by atoms with Gasteiger partial charge in [-0.2, -0.15) is 4.31 Å². The molecule has 1 saturated heterocycles. The predicted molar refractivity (Wildman–Crippen MR) is 122 cm³/mol. The van der Waals surface area contributed by atoms with Gasteiger partial charge in [0.05, 0.1) is 11.4 Å². The molecule has 3 rings (SSSR count). The molecule has 0 aromatic heterocycles. The fourth-order valence-corrected chi connectivity index (χ4v) is 5.19. The zero-order chi connectivity index (χ0) is 23.1. The van der Waals surface area contributed by atoms with Crippen LogP contribution in [-0.4, -0.2) is 49.0 Å². The fraction of sp³-hybridized carbons (Fsp3) is 0.304. The average Bonchev–Trinajstić information content (AvgIpc) is 3.04. The van der Waals surface area contributed by atoms with E-state index in [0.29, 0.717) is 38.0 Å². The Labute approximate surface area is 188 Å². The molecule has 1 aliphatic rings. The number of rotatable bonds is 7. The maximum atomic E-state index is 13.1. The number of amides is 2. The lowest BCUT2D eigenvalue weighted by molar-refractivity contribution is -0.117.